The predicted octanol–water partition coefficient (Wildman–Crippen LogP) is 3.25. The molecule has 1 fully saturated rings. The Kier molecular flexibility index (Phi) is 8.04. The van der Waals surface area contributed by atoms with Crippen molar-refractivity contribution in [3.63, 3.8) is 0 Å². The van der Waals surface area contributed by atoms with E-state index in [2.05, 4.69) is 10.6 Å². The number of hydrogen-bond acceptors (Lipinski definition) is 13. The van der Waals surface area contributed by atoms with Crippen LogP contribution in [0.5, 0.6) is 28.7 Å². The molecule has 4 heterocycles. The molecule has 0 aliphatic carbocycles. The second-order valence-corrected chi connectivity index (χ2v) is 13.1. The van der Waals surface area contributed by atoms with Crippen LogP contribution in [0.4, 0.5) is 5.69 Å². The monoisotopic (exact) mass is 726 g/mol. The molecular formula is C37H30N2O12S. The molecule has 5 atom stereocenters. The minimum Gasteiger partial charge on any atom is -0.508 e. The zero-order valence-electron chi connectivity index (χ0n) is 27.1. The Hall–Kier alpha value is -5.71. The first-order valence-corrected chi connectivity index (χ1v) is 16.5. The number of thiocarbonyl (C=S) groups is 1. The van der Waals surface area contributed by atoms with E-state index in [0.29, 0.717) is 33.3 Å². The Labute approximate surface area is 299 Å². The van der Waals surface area contributed by atoms with Gasteiger partial charge < -0.3 is 59.5 Å². The Balaban J connectivity index is 1.07. The fourth-order valence-electron chi connectivity index (χ4n) is 6.95. The van der Waals surface area contributed by atoms with Crippen LogP contribution in [0.15, 0.2) is 88.1 Å². The maximum Gasteiger partial charge on any atom is 0.340 e. The molecule has 0 saturated carbocycles. The van der Waals surface area contributed by atoms with Crippen molar-refractivity contribution in [3.05, 3.63) is 117 Å². The molecule has 8 rings (SSSR count). The molecule has 1 spiro atoms. The van der Waals surface area contributed by atoms with Gasteiger partial charge in [-0.15, -0.1) is 0 Å². The van der Waals surface area contributed by atoms with Crippen molar-refractivity contribution in [1.29, 1.82) is 0 Å². The topological polar surface area (TPSA) is 209 Å². The zero-order chi connectivity index (χ0) is 36.5. The highest BCUT2D eigenvalue weighted by Crippen LogP contribution is 2.57. The third kappa shape index (κ3) is 5.46. The van der Waals surface area contributed by atoms with Gasteiger partial charge in [0.25, 0.3) is 0 Å². The summed E-state index contributed by atoms with van der Waals surface area (Å²) in [6.07, 6.45) is -5.53. The van der Waals surface area contributed by atoms with Crippen molar-refractivity contribution in [2.24, 2.45) is 0 Å². The molecule has 266 valence electrons. The van der Waals surface area contributed by atoms with E-state index in [9.17, 15) is 35.1 Å². The number of rotatable bonds is 5. The summed E-state index contributed by atoms with van der Waals surface area (Å²) in [7, 11) is 0. The Bertz CT molecular complexity index is 2290. The number of anilines is 1. The van der Waals surface area contributed by atoms with Crippen molar-refractivity contribution < 1.29 is 53.7 Å². The molecule has 0 amide bonds. The summed E-state index contributed by atoms with van der Waals surface area (Å²) in [5.41, 5.74) is 0.965. The van der Waals surface area contributed by atoms with Crippen molar-refractivity contribution >= 4 is 40.0 Å². The van der Waals surface area contributed by atoms with E-state index in [4.69, 9.17) is 35.6 Å². The normalized spacial score (nSPS) is 22.5. The summed E-state index contributed by atoms with van der Waals surface area (Å²) in [6.45, 7) is 1.15. The number of nitrogens with one attached hydrogen (secondary N) is 2. The SMILES string of the molecule is Cc1cc(=O)oc2cc(OC3OC(CO)C(O)C(O)C3NC(=S)Nc3ccc4c(c3)C(=O)OC43c4ccc(O)cc4Oc4cc(O)ccc43)ccc12. The van der Waals surface area contributed by atoms with Gasteiger partial charge >= 0.3 is 11.6 Å². The molecule has 4 aromatic carbocycles. The number of fused-ring (bicyclic) bond motifs is 7. The van der Waals surface area contributed by atoms with Crippen LogP contribution in [-0.2, 0) is 15.1 Å². The maximum absolute atomic E-state index is 13.5. The summed E-state index contributed by atoms with van der Waals surface area (Å²) < 4.78 is 29.3. The molecule has 3 aliphatic heterocycles. The molecule has 7 N–H and O–H groups in total. The number of benzene rings is 4. The van der Waals surface area contributed by atoms with Crippen LogP contribution >= 0.6 is 12.2 Å². The number of phenols is 2. The lowest BCUT2D eigenvalue weighted by atomic mass is 9.77. The van der Waals surface area contributed by atoms with Gasteiger partial charge in [-0.2, -0.15) is 0 Å². The molecule has 0 radical (unpaired) electrons. The number of phenolic OH excluding ortho intramolecular Hbond substituents is 2. The third-order valence-electron chi connectivity index (χ3n) is 9.38. The van der Waals surface area contributed by atoms with E-state index in [-0.39, 0.29) is 45.0 Å². The molecule has 14 nitrogen and oxygen atoms in total. The van der Waals surface area contributed by atoms with E-state index in [1.807, 2.05) is 0 Å². The second kappa shape index (κ2) is 12.5. The van der Waals surface area contributed by atoms with Crippen LogP contribution in [0.2, 0.25) is 0 Å². The number of carbonyl (C=O) groups excluding carboxylic acids is 1. The summed E-state index contributed by atoms with van der Waals surface area (Å²) in [6, 6.07) is 18.8. The van der Waals surface area contributed by atoms with E-state index < -0.39 is 54.4 Å². The van der Waals surface area contributed by atoms with Crippen molar-refractivity contribution in [2.45, 2.75) is 43.2 Å². The fourth-order valence-corrected chi connectivity index (χ4v) is 7.20. The summed E-state index contributed by atoms with van der Waals surface area (Å²) in [5.74, 6) is -0.0880. The van der Waals surface area contributed by atoms with E-state index in [1.54, 1.807) is 49.4 Å². The van der Waals surface area contributed by atoms with Gasteiger partial charge in [-0.1, -0.05) is 6.07 Å². The van der Waals surface area contributed by atoms with Gasteiger partial charge in [0.2, 0.25) is 6.29 Å². The molecule has 0 bridgehead atoms. The summed E-state index contributed by atoms with van der Waals surface area (Å²) >= 11 is 5.58. The standard InChI is InChI=1S/C37H30N2O12S/c1-16-10-30(43)49-26-14-20(5-6-21(16)26)47-35-31(33(45)32(44)29(15-40)50-35)39-36(52)38-17-2-7-23-22(11-17)34(46)51-37(23)24-8-3-18(41)12-27(24)48-28-13-19(42)4-9-25(28)37/h2-14,29,31-33,35,40-42,44-45H,15H2,1H3,(H2,38,39,52). The lowest BCUT2D eigenvalue weighted by Gasteiger charge is -2.42. The number of aliphatic hydroxyl groups is 3. The highest BCUT2D eigenvalue weighted by atomic mass is 32.1. The van der Waals surface area contributed by atoms with Crippen molar-refractivity contribution in [2.75, 3.05) is 11.9 Å². The molecule has 1 saturated heterocycles. The van der Waals surface area contributed by atoms with Crippen LogP contribution in [0, 0.1) is 6.92 Å². The molecule has 5 aromatic rings. The Morgan fingerprint density at radius 2 is 1.58 bits per heavy atom. The van der Waals surface area contributed by atoms with Gasteiger partial charge in [0.05, 0.1) is 12.2 Å². The second-order valence-electron chi connectivity index (χ2n) is 12.6. The van der Waals surface area contributed by atoms with Crippen molar-refractivity contribution in [1.82, 2.24) is 5.32 Å². The highest BCUT2D eigenvalue weighted by molar-refractivity contribution is 7.80. The first kappa shape index (κ1) is 33.4. The number of aliphatic hydroxyl groups excluding tert-OH is 3. The van der Waals surface area contributed by atoms with Crippen molar-refractivity contribution in [3.8, 4) is 28.7 Å². The molecular weight excluding hydrogens is 696 g/mol. The molecule has 5 unspecified atom stereocenters. The lowest BCUT2D eigenvalue weighted by Crippen LogP contribution is -2.65. The van der Waals surface area contributed by atoms with Gasteiger partial charge in [0.1, 0.15) is 58.7 Å². The van der Waals surface area contributed by atoms with Gasteiger partial charge in [0.15, 0.2) is 10.7 Å². The first-order valence-electron chi connectivity index (χ1n) is 16.1. The van der Waals surface area contributed by atoms with Crippen LogP contribution in [0.1, 0.15) is 32.6 Å². The fraction of sp³-hybridized carbons (Fsp3) is 0.216. The summed E-state index contributed by atoms with van der Waals surface area (Å²) in [4.78, 5) is 25.5. The maximum atomic E-state index is 13.5. The third-order valence-corrected chi connectivity index (χ3v) is 9.60. The van der Waals surface area contributed by atoms with Gasteiger partial charge in [-0.05, 0) is 73.2 Å². The number of esters is 1. The average molecular weight is 727 g/mol. The summed E-state index contributed by atoms with van der Waals surface area (Å²) in [5, 5.41) is 58.5. The number of carbonyl (C=O) groups is 1. The van der Waals surface area contributed by atoms with E-state index in [1.165, 1.54) is 36.4 Å². The van der Waals surface area contributed by atoms with E-state index in [0.717, 1.165) is 0 Å². The molecule has 52 heavy (non-hydrogen) atoms. The Morgan fingerprint density at radius 1 is 0.885 bits per heavy atom. The number of hydrogen-bond donors (Lipinski definition) is 7. The molecule has 1 aromatic heterocycles. The minimum absolute atomic E-state index is 0.0373. The van der Waals surface area contributed by atoms with Gasteiger partial charge in [0, 0.05) is 52.0 Å². The van der Waals surface area contributed by atoms with Gasteiger partial charge in [-0.3, -0.25) is 0 Å². The zero-order valence-corrected chi connectivity index (χ0v) is 27.9. The lowest BCUT2D eigenvalue weighted by molar-refractivity contribution is -0.242. The highest BCUT2D eigenvalue weighted by Gasteiger charge is 2.54. The van der Waals surface area contributed by atoms with Crippen LogP contribution < -0.4 is 25.7 Å². The predicted molar refractivity (Wildman–Crippen MR) is 187 cm³/mol. The molecule has 15 heteroatoms. The van der Waals surface area contributed by atoms with E-state index >= 15 is 0 Å². The average Bonchev–Trinajstić information content (AvgIpc) is 3.38. The van der Waals surface area contributed by atoms with Crippen LogP contribution in [0.25, 0.3) is 11.0 Å². The van der Waals surface area contributed by atoms with Crippen LogP contribution in [-0.4, -0.2) is 73.9 Å². The number of aromatic hydroxyl groups is 2. The minimum atomic E-state index is -1.53. The quantitative estimate of drug-likeness (QED) is 0.0788. The Morgan fingerprint density at radius 3 is 2.27 bits per heavy atom. The van der Waals surface area contributed by atoms with Gasteiger partial charge in [-0.25, -0.2) is 9.59 Å². The number of ether oxygens (including phenoxy) is 4. The first-order chi connectivity index (χ1) is 24.9. The van der Waals surface area contributed by atoms with Crippen LogP contribution in [0.3, 0.4) is 0 Å². The molecule has 3 aliphatic rings. The largest absolute Gasteiger partial charge is 0.508 e. The number of aryl methyl sites for hydroxylation is 1. The smallest absolute Gasteiger partial charge is 0.340 e.